The molecule has 2 aromatic heterocycles. The first-order valence-electron chi connectivity index (χ1n) is 8.51. The number of nitrogens with zero attached hydrogens (tertiary/aromatic N) is 3. The number of benzene rings is 1. The molecule has 24 heavy (non-hydrogen) atoms. The summed E-state index contributed by atoms with van der Waals surface area (Å²) in [6.45, 7) is 3.36. The molecule has 0 radical (unpaired) electrons. The zero-order valence-corrected chi connectivity index (χ0v) is 14.5. The third-order valence-corrected chi connectivity index (χ3v) is 5.83. The molecule has 0 N–H and O–H groups in total. The van der Waals surface area contributed by atoms with Crippen molar-refractivity contribution in [3.8, 4) is 10.4 Å². The van der Waals surface area contributed by atoms with E-state index in [1.165, 1.54) is 33.9 Å². The normalized spacial score (nSPS) is 16.3. The predicted octanol–water partition coefficient (Wildman–Crippen LogP) is 4.58. The van der Waals surface area contributed by atoms with Gasteiger partial charge < -0.3 is 0 Å². The standard InChI is InChI=1S/C20H21N3S/c1-2-4-17(5-3-1)20-7-6-18(24-20)14-23-12-9-16(10-13-23)19-8-11-21-15-22-19/h1-8,11,15-16H,9-10,12-14H2. The first kappa shape index (κ1) is 15.5. The minimum absolute atomic E-state index is 0.590. The molecule has 1 saturated heterocycles. The van der Waals surface area contributed by atoms with E-state index in [0.717, 1.165) is 19.6 Å². The van der Waals surface area contributed by atoms with Crippen molar-refractivity contribution in [2.45, 2.75) is 25.3 Å². The van der Waals surface area contributed by atoms with Crippen LogP contribution in [0, 0.1) is 0 Å². The van der Waals surface area contributed by atoms with Crippen LogP contribution >= 0.6 is 11.3 Å². The zero-order valence-electron chi connectivity index (χ0n) is 13.6. The van der Waals surface area contributed by atoms with E-state index < -0.39 is 0 Å². The van der Waals surface area contributed by atoms with Gasteiger partial charge in [0.1, 0.15) is 6.33 Å². The molecule has 3 aromatic rings. The Morgan fingerprint density at radius 1 is 1.00 bits per heavy atom. The molecular formula is C20H21N3S. The second kappa shape index (κ2) is 7.24. The molecule has 0 aliphatic carbocycles. The molecule has 0 spiro atoms. The van der Waals surface area contributed by atoms with Gasteiger partial charge in [-0.1, -0.05) is 30.3 Å². The van der Waals surface area contributed by atoms with Gasteiger partial charge in [0.15, 0.2) is 0 Å². The van der Waals surface area contributed by atoms with Crippen LogP contribution in [0.3, 0.4) is 0 Å². The van der Waals surface area contributed by atoms with Crippen molar-refractivity contribution >= 4 is 11.3 Å². The fourth-order valence-electron chi connectivity index (χ4n) is 3.37. The average Bonchev–Trinajstić information content (AvgIpc) is 3.12. The summed E-state index contributed by atoms with van der Waals surface area (Å²) >= 11 is 1.91. The van der Waals surface area contributed by atoms with Crippen molar-refractivity contribution in [3.05, 3.63) is 71.6 Å². The molecule has 3 heterocycles. The van der Waals surface area contributed by atoms with E-state index in [0.29, 0.717) is 5.92 Å². The number of piperidine rings is 1. The summed E-state index contributed by atoms with van der Waals surface area (Å²) in [6.07, 6.45) is 5.89. The van der Waals surface area contributed by atoms with Gasteiger partial charge in [0.05, 0.1) is 0 Å². The Balaban J connectivity index is 1.35. The number of rotatable bonds is 4. The van der Waals surface area contributed by atoms with Gasteiger partial charge in [-0.3, -0.25) is 4.90 Å². The van der Waals surface area contributed by atoms with Crippen molar-refractivity contribution in [3.63, 3.8) is 0 Å². The second-order valence-corrected chi connectivity index (χ2v) is 7.48. The summed E-state index contributed by atoms with van der Waals surface area (Å²) in [5.41, 5.74) is 2.52. The van der Waals surface area contributed by atoms with Gasteiger partial charge in [-0.25, -0.2) is 9.97 Å². The van der Waals surface area contributed by atoms with Crippen molar-refractivity contribution in [1.29, 1.82) is 0 Å². The van der Waals surface area contributed by atoms with Crippen molar-refractivity contribution < 1.29 is 0 Å². The van der Waals surface area contributed by atoms with Crippen molar-refractivity contribution in [1.82, 2.24) is 14.9 Å². The predicted molar refractivity (Wildman–Crippen MR) is 99.0 cm³/mol. The molecule has 0 bridgehead atoms. The van der Waals surface area contributed by atoms with Crippen LogP contribution in [0.25, 0.3) is 10.4 Å². The largest absolute Gasteiger partial charge is 0.298 e. The molecule has 122 valence electrons. The van der Waals surface area contributed by atoms with Crippen LogP contribution in [0.2, 0.25) is 0 Å². The fourth-order valence-corrected chi connectivity index (χ4v) is 4.43. The summed E-state index contributed by atoms with van der Waals surface area (Å²) in [6, 6.07) is 17.2. The highest BCUT2D eigenvalue weighted by atomic mass is 32.1. The van der Waals surface area contributed by atoms with Gasteiger partial charge in [0, 0.05) is 34.1 Å². The molecule has 0 unspecified atom stereocenters. The Morgan fingerprint density at radius 3 is 2.58 bits per heavy atom. The molecule has 1 aliphatic heterocycles. The van der Waals surface area contributed by atoms with E-state index in [4.69, 9.17) is 0 Å². The lowest BCUT2D eigenvalue weighted by Crippen LogP contribution is -2.32. The number of hydrogen-bond donors (Lipinski definition) is 0. The second-order valence-electron chi connectivity index (χ2n) is 6.32. The van der Waals surface area contributed by atoms with E-state index in [1.54, 1.807) is 6.33 Å². The van der Waals surface area contributed by atoms with E-state index in [-0.39, 0.29) is 0 Å². The molecule has 1 aliphatic rings. The van der Waals surface area contributed by atoms with Gasteiger partial charge >= 0.3 is 0 Å². The minimum atomic E-state index is 0.590. The van der Waals surface area contributed by atoms with Crippen LogP contribution in [0.5, 0.6) is 0 Å². The van der Waals surface area contributed by atoms with Gasteiger partial charge in [0.2, 0.25) is 0 Å². The highest BCUT2D eigenvalue weighted by Gasteiger charge is 2.21. The Kier molecular flexibility index (Phi) is 4.67. The number of hydrogen-bond acceptors (Lipinski definition) is 4. The molecule has 0 atom stereocenters. The third kappa shape index (κ3) is 3.55. The zero-order chi connectivity index (χ0) is 16.2. The first-order chi connectivity index (χ1) is 11.9. The molecule has 4 rings (SSSR count). The van der Waals surface area contributed by atoms with Crippen LogP contribution in [-0.2, 0) is 6.54 Å². The number of aromatic nitrogens is 2. The summed E-state index contributed by atoms with van der Waals surface area (Å²) < 4.78 is 0. The SMILES string of the molecule is c1ccc(-c2ccc(CN3CCC(c4ccncn4)CC3)s2)cc1. The summed E-state index contributed by atoms with van der Waals surface area (Å²) in [5, 5.41) is 0. The molecular weight excluding hydrogens is 314 g/mol. The molecule has 0 amide bonds. The van der Waals surface area contributed by atoms with Crippen LogP contribution in [0.15, 0.2) is 61.1 Å². The quantitative estimate of drug-likeness (QED) is 0.698. The van der Waals surface area contributed by atoms with Crippen LogP contribution in [-0.4, -0.2) is 28.0 Å². The van der Waals surface area contributed by atoms with Gasteiger partial charge in [-0.15, -0.1) is 11.3 Å². The number of likely N-dealkylation sites (tertiary alicyclic amines) is 1. The molecule has 4 heteroatoms. The Labute approximate surface area is 147 Å². The van der Waals surface area contributed by atoms with Crippen molar-refractivity contribution in [2.24, 2.45) is 0 Å². The topological polar surface area (TPSA) is 29.0 Å². The van der Waals surface area contributed by atoms with E-state index in [1.807, 2.05) is 17.5 Å². The lowest BCUT2D eigenvalue weighted by molar-refractivity contribution is 0.205. The van der Waals surface area contributed by atoms with Gasteiger partial charge in [0.25, 0.3) is 0 Å². The summed E-state index contributed by atoms with van der Waals surface area (Å²) in [5.74, 6) is 0.590. The summed E-state index contributed by atoms with van der Waals surface area (Å²) in [4.78, 5) is 13.8. The van der Waals surface area contributed by atoms with Crippen LogP contribution in [0.4, 0.5) is 0 Å². The highest BCUT2D eigenvalue weighted by molar-refractivity contribution is 7.15. The molecule has 0 saturated carbocycles. The fraction of sp³-hybridized carbons (Fsp3) is 0.300. The highest BCUT2D eigenvalue weighted by Crippen LogP contribution is 2.31. The molecule has 3 nitrogen and oxygen atoms in total. The van der Waals surface area contributed by atoms with Crippen LogP contribution < -0.4 is 0 Å². The maximum absolute atomic E-state index is 4.42. The average molecular weight is 335 g/mol. The monoisotopic (exact) mass is 335 g/mol. The smallest absolute Gasteiger partial charge is 0.115 e. The van der Waals surface area contributed by atoms with Gasteiger partial charge in [-0.2, -0.15) is 0 Å². The number of thiophene rings is 1. The van der Waals surface area contributed by atoms with E-state index in [2.05, 4.69) is 63.4 Å². The third-order valence-electron chi connectivity index (χ3n) is 4.71. The summed E-state index contributed by atoms with van der Waals surface area (Å²) in [7, 11) is 0. The van der Waals surface area contributed by atoms with E-state index in [9.17, 15) is 0 Å². The van der Waals surface area contributed by atoms with Crippen molar-refractivity contribution in [2.75, 3.05) is 13.1 Å². The lowest BCUT2D eigenvalue weighted by atomic mass is 9.93. The Bertz CT molecular complexity index is 762. The van der Waals surface area contributed by atoms with E-state index >= 15 is 0 Å². The van der Waals surface area contributed by atoms with Crippen LogP contribution in [0.1, 0.15) is 29.3 Å². The van der Waals surface area contributed by atoms with Gasteiger partial charge in [-0.05, 0) is 49.7 Å². The molecule has 1 aromatic carbocycles. The maximum atomic E-state index is 4.42. The Hall–Kier alpha value is -2.04. The molecule has 1 fully saturated rings. The maximum Gasteiger partial charge on any atom is 0.115 e. The lowest BCUT2D eigenvalue weighted by Gasteiger charge is -2.31. The Morgan fingerprint density at radius 2 is 1.83 bits per heavy atom. The first-order valence-corrected chi connectivity index (χ1v) is 9.32. The minimum Gasteiger partial charge on any atom is -0.298 e.